The van der Waals surface area contributed by atoms with Crippen LogP contribution >= 0.6 is 8.15 Å². The third kappa shape index (κ3) is 4.49. The van der Waals surface area contributed by atoms with Gasteiger partial charge < -0.3 is 4.52 Å². The molecule has 18 heavy (non-hydrogen) atoms. The summed E-state index contributed by atoms with van der Waals surface area (Å²) in [7, 11) is -0.272. The Morgan fingerprint density at radius 3 is 1.94 bits per heavy atom. The maximum Gasteiger partial charge on any atom is 0.0651 e. The first kappa shape index (κ1) is 16.4. The van der Waals surface area contributed by atoms with Crippen LogP contribution in [0.25, 0.3) is 0 Å². The van der Waals surface area contributed by atoms with Crippen molar-refractivity contribution in [3.05, 3.63) is 0 Å². The molecule has 1 rings (SSSR count). The van der Waals surface area contributed by atoms with Crippen LogP contribution in [0.2, 0.25) is 0 Å². The van der Waals surface area contributed by atoms with Crippen LogP contribution in [-0.4, -0.2) is 17.4 Å². The second kappa shape index (κ2) is 7.25. The Balaban J connectivity index is 2.70. The van der Waals surface area contributed by atoms with Gasteiger partial charge in [-0.15, -0.1) is 0 Å². The van der Waals surface area contributed by atoms with Crippen molar-refractivity contribution >= 4 is 8.15 Å². The molecule has 0 radical (unpaired) electrons. The molecule has 1 saturated carbocycles. The normalized spacial score (nSPS) is 29.8. The van der Waals surface area contributed by atoms with Gasteiger partial charge in [-0.25, -0.2) is 0 Å². The van der Waals surface area contributed by atoms with E-state index < -0.39 is 0 Å². The number of rotatable bonds is 5. The van der Waals surface area contributed by atoms with Crippen molar-refractivity contribution in [3.8, 4) is 0 Å². The largest absolute Gasteiger partial charge is 0.355 e. The minimum absolute atomic E-state index is 0.272. The minimum Gasteiger partial charge on any atom is -0.355 e. The monoisotopic (exact) mass is 272 g/mol. The minimum atomic E-state index is -0.272. The van der Waals surface area contributed by atoms with Gasteiger partial charge in [0, 0.05) is 8.15 Å². The SMILES string of the molecule is CC1CCC(C(C)C)C(OP(C(C)C)C(C)C)C1. The number of hydrogen-bond acceptors (Lipinski definition) is 1. The highest BCUT2D eigenvalue weighted by atomic mass is 31.1. The van der Waals surface area contributed by atoms with Crippen LogP contribution in [0.3, 0.4) is 0 Å². The van der Waals surface area contributed by atoms with Gasteiger partial charge in [-0.05, 0) is 41.9 Å². The van der Waals surface area contributed by atoms with E-state index in [4.69, 9.17) is 4.52 Å². The van der Waals surface area contributed by atoms with Gasteiger partial charge in [-0.2, -0.15) is 0 Å². The van der Waals surface area contributed by atoms with Gasteiger partial charge >= 0.3 is 0 Å². The van der Waals surface area contributed by atoms with Gasteiger partial charge in [0.2, 0.25) is 0 Å². The summed E-state index contributed by atoms with van der Waals surface area (Å²) in [5.74, 6) is 2.39. The second-order valence-electron chi connectivity index (χ2n) is 7.02. The van der Waals surface area contributed by atoms with E-state index >= 15 is 0 Å². The zero-order valence-electron chi connectivity index (χ0n) is 13.4. The quantitative estimate of drug-likeness (QED) is 0.585. The van der Waals surface area contributed by atoms with Crippen molar-refractivity contribution in [2.24, 2.45) is 17.8 Å². The predicted octanol–water partition coefficient (Wildman–Crippen LogP) is 5.68. The topological polar surface area (TPSA) is 9.23 Å². The molecule has 2 heteroatoms. The summed E-state index contributed by atoms with van der Waals surface area (Å²) in [5, 5.41) is 0. The van der Waals surface area contributed by atoms with Crippen LogP contribution in [0.4, 0.5) is 0 Å². The van der Waals surface area contributed by atoms with Crippen molar-refractivity contribution in [2.45, 2.75) is 85.2 Å². The molecule has 3 unspecified atom stereocenters. The van der Waals surface area contributed by atoms with Gasteiger partial charge in [-0.3, -0.25) is 0 Å². The van der Waals surface area contributed by atoms with Crippen molar-refractivity contribution in [3.63, 3.8) is 0 Å². The first-order valence-corrected chi connectivity index (χ1v) is 9.17. The fourth-order valence-electron chi connectivity index (χ4n) is 3.23. The molecule has 0 aromatic heterocycles. The first-order valence-electron chi connectivity index (χ1n) is 7.78. The van der Waals surface area contributed by atoms with Gasteiger partial charge in [0.15, 0.2) is 0 Å². The standard InChI is InChI=1S/C16H33OP/c1-11(2)15-9-8-14(7)10-16(15)17-18(12(3)4)13(5)6/h11-16H,8-10H2,1-7H3. The summed E-state index contributed by atoms with van der Waals surface area (Å²) < 4.78 is 6.62. The molecule has 0 aromatic carbocycles. The highest BCUT2D eigenvalue weighted by Crippen LogP contribution is 2.51. The molecule has 3 atom stereocenters. The summed E-state index contributed by atoms with van der Waals surface area (Å²) in [6, 6.07) is 0. The Kier molecular flexibility index (Phi) is 6.62. The Morgan fingerprint density at radius 1 is 0.944 bits per heavy atom. The maximum atomic E-state index is 6.62. The van der Waals surface area contributed by atoms with E-state index in [-0.39, 0.29) is 8.15 Å². The highest BCUT2D eigenvalue weighted by Gasteiger charge is 2.34. The van der Waals surface area contributed by atoms with E-state index in [1.54, 1.807) is 0 Å². The lowest BCUT2D eigenvalue weighted by atomic mass is 9.75. The van der Waals surface area contributed by atoms with E-state index in [9.17, 15) is 0 Å². The molecule has 1 aliphatic rings. The molecule has 1 nitrogen and oxygen atoms in total. The molecule has 1 fully saturated rings. The summed E-state index contributed by atoms with van der Waals surface area (Å²) in [4.78, 5) is 0. The summed E-state index contributed by atoms with van der Waals surface area (Å²) in [6.07, 6.45) is 4.55. The van der Waals surface area contributed by atoms with Crippen LogP contribution in [0.5, 0.6) is 0 Å². The van der Waals surface area contributed by atoms with Crippen LogP contribution < -0.4 is 0 Å². The zero-order chi connectivity index (χ0) is 13.9. The van der Waals surface area contributed by atoms with Crippen molar-refractivity contribution in [1.29, 1.82) is 0 Å². The van der Waals surface area contributed by atoms with E-state index in [1.807, 2.05) is 0 Å². The molecule has 1 aliphatic carbocycles. The average Bonchev–Trinajstić information content (AvgIpc) is 2.24. The Hall–Kier alpha value is 0.390. The molecule has 108 valence electrons. The third-order valence-corrected chi connectivity index (χ3v) is 6.79. The lowest BCUT2D eigenvalue weighted by Crippen LogP contribution is -2.34. The van der Waals surface area contributed by atoms with Crippen LogP contribution in [0.1, 0.15) is 67.7 Å². The summed E-state index contributed by atoms with van der Waals surface area (Å²) in [6.45, 7) is 16.4. The molecule has 0 aromatic rings. The molecule has 0 bridgehead atoms. The lowest BCUT2D eigenvalue weighted by molar-refractivity contribution is 0.0537. The molecular formula is C16H33OP. The molecular weight excluding hydrogens is 239 g/mol. The van der Waals surface area contributed by atoms with Gasteiger partial charge in [0.05, 0.1) is 6.10 Å². The molecule has 0 N–H and O–H groups in total. The van der Waals surface area contributed by atoms with Crippen LogP contribution in [0.15, 0.2) is 0 Å². The Labute approximate surface area is 116 Å². The van der Waals surface area contributed by atoms with Crippen molar-refractivity contribution in [1.82, 2.24) is 0 Å². The zero-order valence-corrected chi connectivity index (χ0v) is 14.3. The van der Waals surface area contributed by atoms with Crippen molar-refractivity contribution in [2.75, 3.05) is 0 Å². The average molecular weight is 272 g/mol. The summed E-state index contributed by atoms with van der Waals surface area (Å²) >= 11 is 0. The highest BCUT2D eigenvalue weighted by molar-refractivity contribution is 7.54. The first-order chi connectivity index (χ1) is 8.32. The molecule has 0 saturated heterocycles. The summed E-state index contributed by atoms with van der Waals surface area (Å²) in [5.41, 5.74) is 1.37. The smallest absolute Gasteiger partial charge is 0.0651 e. The predicted molar refractivity (Wildman–Crippen MR) is 83.4 cm³/mol. The molecule has 0 amide bonds. The second-order valence-corrected chi connectivity index (χ2v) is 10.0. The molecule has 0 aliphatic heterocycles. The fraction of sp³-hybridized carbons (Fsp3) is 1.00. The molecule has 0 heterocycles. The fourth-order valence-corrected chi connectivity index (χ4v) is 5.47. The van der Waals surface area contributed by atoms with E-state index in [2.05, 4.69) is 48.5 Å². The van der Waals surface area contributed by atoms with Crippen LogP contribution in [-0.2, 0) is 4.52 Å². The van der Waals surface area contributed by atoms with Gasteiger partial charge in [-0.1, -0.05) is 54.9 Å². The lowest BCUT2D eigenvalue weighted by Gasteiger charge is -2.40. The van der Waals surface area contributed by atoms with Gasteiger partial charge in [0.25, 0.3) is 0 Å². The van der Waals surface area contributed by atoms with E-state index in [0.717, 1.165) is 17.8 Å². The van der Waals surface area contributed by atoms with E-state index in [0.29, 0.717) is 17.4 Å². The number of hydrogen-bond donors (Lipinski definition) is 0. The van der Waals surface area contributed by atoms with Crippen molar-refractivity contribution < 1.29 is 4.52 Å². The molecule has 0 spiro atoms. The van der Waals surface area contributed by atoms with Gasteiger partial charge in [0.1, 0.15) is 0 Å². The van der Waals surface area contributed by atoms with E-state index in [1.165, 1.54) is 19.3 Å². The maximum absolute atomic E-state index is 6.62. The Bertz CT molecular complexity index is 221. The Morgan fingerprint density at radius 2 is 1.50 bits per heavy atom. The van der Waals surface area contributed by atoms with Crippen LogP contribution in [0, 0.1) is 17.8 Å². The third-order valence-electron chi connectivity index (χ3n) is 4.24.